The van der Waals surface area contributed by atoms with E-state index in [4.69, 9.17) is 4.84 Å². The van der Waals surface area contributed by atoms with E-state index in [1.165, 1.54) is 17.7 Å². The summed E-state index contributed by atoms with van der Waals surface area (Å²) in [7, 11) is 0. The lowest BCUT2D eigenvalue weighted by Crippen LogP contribution is -2.37. The van der Waals surface area contributed by atoms with Crippen LogP contribution in [0.3, 0.4) is 0 Å². The second-order valence-corrected chi connectivity index (χ2v) is 9.06. The van der Waals surface area contributed by atoms with E-state index in [9.17, 15) is 9.18 Å². The van der Waals surface area contributed by atoms with Crippen molar-refractivity contribution in [1.82, 2.24) is 5.32 Å². The Balaban J connectivity index is 1.55. The van der Waals surface area contributed by atoms with Crippen molar-refractivity contribution >= 4 is 11.6 Å². The van der Waals surface area contributed by atoms with Crippen LogP contribution < -0.4 is 5.32 Å². The largest absolute Gasteiger partial charge is 0.386 e. The Morgan fingerprint density at radius 3 is 2.25 bits per heavy atom. The predicted octanol–water partition coefficient (Wildman–Crippen LogP) is 5.53. The molecule has 1 aliphatic rings. The molecule has 164 valence electrons. The van der Waals surface area contributed by atoms with Gasteiger partial charge in [0.15, 0.2) is 6.10 Å². The van der Waals surface area contributed by atoms with Crippen LogP contribution >= 0.6 is 0 Å². The Labute approximate surface area is 188 Å². The van der Waals surface area contributed by atoms with E-state index >= 15 is 0 Å². The molecular formula is C27H27FN2O2. The smallest absolute Gasteiger partial charge is 0.233 e. The van der Waals surface area contributed by atoms with Gasteiger partial charge in [-0.05, 0) is 34.2 Å². The summed E-state index contributed by atoms with van der Waals surface area (Å²) in [6.07, 6.45) is -0.542. The van der Waals surface area contributed by atoms with E-state index in [2.05, 4.69) is 43.4 Å². The highest BCUT2D eigenvalue weighted by molar-refractivity contribution is 6.14. The molecule has 2 unspecified atom stereocenters. The molecule has 0 saturated carbocycles. The fourth-order valence-corrected chi connectivity index (χ4v) is 3.81. The number of nitrogens with zero attached hydrogens (tertiary/aromatic N) is 1. The van der Waals surface area contributed by atoms with Crippen molar-refractivity contribution in [3.05, 3.63) is 107 Å². The fraction of sp³-hybridized carbons (Fsp3) is 0.259. The molecule has 0 bridgehead atoms. The van der Waals surface area contributed by atoms with Crippen LogP contribution in [0.4, 0.5) is 4.39 Å². The highest BCUT2D eigenvalue weighted by atomic mass is 19.1. The number of hydrogen-bond donors (Lipinski definition) is 1. The fourth-order valence-electron chi connectivity index (χ4n) is 3.81. The molecule has 0 aliphatic carbocycles. The van der Waals surface area contributed by atoms with E-state index in [0.717, 1.165) is 11.1 Å². The highest BCUT2D eigenvalue weighted by Gasteiger charge is 2.41. The molecule has 0 saturated heterocycles. The number of amides is 1. The maximum absolute atomic E-state index is 13.4. The summed E-state index contributed by atoms with van der Waals surface area (Å²) in [5.74, 6) is -1.16. The summed E-state index contributed by atoms with van der Waals surface area (Å²) in [4.78, 5) is 19.0. The SMILES string of the molecule is CC(C)(C)c1ccc(CNC(=O)C2C(c3ccc(F)cc3)=NOC2c2ccccc2)cc1. The first kappa shape index (κ1) is 21.8. The molecule has 2 atom stereocenters. The topological polar surface area (TPSA) is 50.7 Å². The van der Waals surface area contributed by atoms with Gasteiger partial charge in [0.2, 0.25) is 5.91 Å². The number of carbonyl (C=O) groups excluding carboxylic acids is 1. The number of halogens is 1. The number of rotatable bonds is 5. The first-order chi connectivity index (χ1) is 15.3. The number of benzene rings is 3. The summed E-state index contributed by atoms with van der Waals surface area (Å²) in [5, 5.41) is 7.26. The summed E-state index contributed by atoms with van der Waals surface area (Å²) in [6, 6.07) is 23.8. The van der Waals surface area contributed by atoms with E-state index in [-0.39, 0.29) is 17.1 Å². The Morgan fingerprint density at radius 1 is 0.969 bits per heavy atom. The molecule has 0 fully saturated rings. The molecule has 32 heavy (non-hydrogen) atoms. The molecule has 1 aliphatic heterocycles. The van der Waals surface area contributed by atoms with Gasteiger partial charge in [-0.3, -0.25) is 4.79 Å². The van der Waals surface area contributed by atoms with Crippen molar-refractivity contribution in [1.29, 1.82) is 0 Å². The minimum absolute atomic E-state index is 0.0758. The van der Waals surface area contributed by atoms with Crippen LogP contribution in [-0.4, -0.2) is 11.6 Å². The van der Waals surface area contributed by atoms with E-state index in [1.54, 1.807) is 12.1 Å². The van der Waals surface area contributed by atoms with Gasteiger partial charge in [0.25, 0.3) is 0 Å². The first-order valence-corrected chi connectivity index (χ1v) is 10.7. The van der Waals surface area contributed by atoms with E-state index in [1.807, 2.05) is 42.5 Å². The van der Waals surface area contributed by atoms with Gasteiger partial charge in [0.05, 0.1) is 0 Å². The average Bonchev–Trinajstić information content (AvgIpc) is 3.23. The Kier molecular flexibility index (Phi) is 6.08. The second kappa shape index (κ2) is 8.95. The van der Waals surface area contributed by atoms with Gasteiger partial charge in [-0.15, -0.1) is 0 Å². The molecule has 1 amide bonds. The van der Waals surface area contributed by atoms with Crippen LogP contribution in [0.2, 0.25) is 0 Å². The lowest BCUT2D eigenvalue weighted by atomic mass is 9.86. The van der Waals surface area contributed by atoms with Crippen molar-refractivity contribution in [3.8, 4) is 0 Å². The van der Waals surface area contributed by atoms with E-state index < -0.39 is 12.0 Å². The molecule has 4 rings (SSSR count). The van der Waals surface area contributed by atoms with Crippen LogP contribution in [0.25, 0.3) is 0 Å². The quantitative estimate of drug-likeness (QED) is 0.579. The maximum Gasteiger partial charge on any atom is 0.233 e. The van der Waals surface area contributed by atoms with Crippen molar-refractivity contribution < 1.29 is 14.0 Å². The average molecular weight is 431 g/mol. The van der Waals surface area contributed by atoms with Gasteiger partial charge < -0.3 is 10.2 Å². The Hall–Kier alpha value is -3.47. The summed E-state index contributed by atoms with van der Waals surface area (Å²) < 4.78 is 13.4. The zero-order valence-corrected chi connectivity index (χ0v) is 18.5. The monoisotopic (exact) mass is 430 g/mol. The first-order valence-electron chi connectivity index (χ1n) is 10.7. The molecule has 1 N–H and O–H groups in total. The Bertz CT molecular complexity index is 1100. The number of oxime groups is 1. The highest BCUT2D eigenvalue weighted by Crippen LogP contribution is 2.35. The lowest BCUT2D eigenvalue weighted by molar-refractivity contribution is -0.126. The number of carbonyl (C=O) groups is 1. The van der Waals surface area contributed by atoms with Crippen molar-refractivity contribution in [3.63, 3.8) is 0 Å². The lowest BCUT2D eigenvalue weighted by Gasteiger charge is -2.20. The molecule has 3 aromatic rings. The minimum atomic E-state index is -0.642. The molecule has 1 heterocycles. The molecule has 0 aromatic heterocycles. The summed E-state index contributed by atoms with van der Waals surface area (Å²) in [6.45, 7) is 6.91. The van der Waals surface area contributed by atoms with Gasteiger partial charge in [0, 0.05) is 12.1 Å². The van der Waals surface area contributed by atoms with Gasteiger partial charge in [-0.25, -0.2) is 4.39 Å². The van der Waals surface area contributed by atoms with Crippen LogP contribution in [-0.2, 0) is 21.6 Å². The molecular weight excluding hydrogens is 403 g/mol. The van der Waals surface area contributed by atoms with E-state index in [0.29, 0.717) is 17.8 Å². The van der Waals surface area contributed by atoms with Crippen molar-refractivity contribution in [2.24, 2.45) is 11.1 Å². The third-order valence-corrected chi connectivity index (χ3v) is 5.70. The van der Waals surface area contributed by atoms with Gasteiger partial charge in [-0.2, -0.15) is 0 Å². The maximum atomic E-state index is 13.4. The second-order valence-electron chi connectivity index (χ2n) is 9.06. The standard InChI is InChI=1S/C27H27FN2O2/c1-27(2,3)21-13-9-18(10-14-21)17-29-26(31)23-24(19-11-15-22(28)16-12-19)30-32-25(23)20-7-5-4-6-8-20/h4-16,23,25H,17H2,1-3H3,(H,29,31). The number of nitrogens with one attached hydrogen (secondary N) is 1. The van der Waals surface area contributed by atoms with Crippen LogP contribution in [0.15, 0.2) is 84.0 Å². The third-order valence-electron chi connectivity index (χ3n) is 5.70. The molecule has 5 heteroatoms. The van der Waals surface area contributed by atoms with Crippen LogP contribution in [0, 0.1) is 11.7 Å². The molecule has 3 aromatic carbocycles. The predicted molar refractivity (Wildman–Crippen MR) is 124 cm³/mol. The number of hydrogen-bond acceptors (Lipinski definition) is 3. The van der Waals surface area contributed by atoms with Gasteiger partial charge in [0.1, 0.15) is 17.4 Å². The Morgan fingerprint density at radius 2 is 1.62 bits per heavy atom. The van der Waals surface area contributed by atoms with Gasteiger partial charge >= 0.3 is 0 Å². The molecule has 4 nitrogen and oxygen atoms in total. The van der Waals surface area contributed by atoms with Gasteiger partial charge in [-0.1, -0.05) is 92.7 Å². The van der Waals surface area contributed by atoms with Crippen molar-refractivity contribution in [2.75, 3.05) is 0 Å². The minimum Gasteiger partial charge on any atom is -0.386 e. The molecule has 0 spiro atoms. The van der Waals surface area contributed by atoms with Crippen LogP contribution in [0.5, 0.6) is 0 Å². The third kappa shape index (κ3) is 4.72. The zero-order chi connectivity index (χ0) is 22.7. The van der Waals surface area contributed by atoms with Crippen molar-refractivity contribution in [2.45, 2.75) is 38.8 Å². The molecule has 0 radical (unpaired) electrons. The summed E-state index contributed by atoms with van der Waals surface area (Å²) >= 11 is 0. The van der Waals surface area contributed by atoms with Crippen LogP contribution in [0.1, 0.15) is 49.1 Å². The normalized spacial score (nSPS) is 18.1. The zero-order valence-electron chi connectivity index (χ0n) is 18.5. The summed E-state index contributed by atoms with van der Waals surface area (Å²) in [5.41, 5.74) is 4.36.